The molecule has 1 aromatic heterocycles. The highest BCUT2D eigenvalue weighted by Crippen LogP contribution is 2.26. The minimum absolute atomic E-state index is 0.0614. The first-order chi connectivity index (χ1) is 13.5. The molecule has 7 nitrogen and oxygen atoms in total. The van der Waals surface area contributed by atoms with Crippen LogP contribution in [0.15, 0.2) is 35.2 Å². The Bertz CT molecular complexity index is 986. The fraction of sp³-hybridized carbons (Fsp3) is 0.500. The zero-order valence-corrected chi connectivity index (χ0v) is 18.0. The number of aryl methyl sites for hydroxylation is 1. The van der Waals surface area contributed by atoms with Crippen LogP contribution < -0.4 is 5.32 Å². The molecule has 0 bridgehead atoms. The number of hydrogen-bond acceptors (Lipinski definition) is 4. The largest absolute Gasteiger partial charge is 0.311 e. The Morgan fingerprint density at radius 3 is 2.31 bits per heavy atom. The minimum Gasteiger partial charge on any atom is -0.311 e. The Morgan fingerprint density at radius 2 is 1.76 bits per heavy atom. The summed E-state index contributed by atoms with van der Waals surface area (Å²) in [6.07, 6.45) is 0.851. The van der Waals surface area contributed by atoms with Gasteiger partial charge in [0.2, 0.25) is 15.9 Å². The third kappa shape index (κ3) is 4.67. The molecular formula is C20H27FN4O3S. The van der Waals surface area contributed by atoms with Crippen LogP contribution in [0.1, 0.15) is 39.3 Å². The lowest BCUT2D eigenvalue weighted by Crippen LogP contribution is -2.41. The molecule has 0 saturated carbocycles. The molecule has 2 heterocycles. The number of carbonyl (C=O) groups excluding carboxylic acids is 1. The average Bonchev–Trinajstić information content (AvgIpc) is 3.03. The highest BCUT2D eigenvalue weighted by atomic mass is 32.2. The molecule has 1 amide bonds. The maximum absolute atomic E-state index is 13.1. The first kappa shape index (κ1) is 21.4. The summed E-state index contributed by atoms with van der Waals surface area (Å²) < 4.78 is 41.7. The number of aromatic nitrogens is 2. The van der Waals surface area contributed by atoms with Crippen LogP contribution in [0.3, 0.4) is 0 Å². The Hall–Kier alpha value is -2.26. The number of carbonyl (C=O) groups is 1. The first-order valence-electron chi connectivity index (χ1n) is 9.62. The van der Waals surface area contributed by atoms with Gasteiger partial charge in [0, 0.05) is 25.1 Å². The van der Waals surface area contributed by atoms with Gasteiger partial charge in [0.15, 0.2) is 0 Å². The van der Waals surface area contributed by atoms with E-state index in [1.807, 2.05) is 33.8 Å². The Morgan fingerprint density at radius 1 is 1.17 bits per heavy atom. The Balaban J connectivity index is 1.65. The molecule has 29 heavy (non-hydrogen) atoms. The number of anilines is 1. The fourth-order valence-corrected chi connectivity index (χ4v) is 4.91. The van der Waals surface area contributed by atoms with Gasteiger partial charge in [-0.15, -0.1) is 0 Å². The number of nitrogens with zero attached hydrogens (tertiary/aromatic N) is 3. The second-order valence-corrected chi connectivity index (χ2v) is 10.3. The third-order valence-electron chi connectivity index (χ3n) is 4.99. The van der Waals surface area contributed by atoms with Crippen molar-refractivity contribution < 1.29 is 17.6 Å². The molecule has 0 atom stereocenters. The van der Waals surface area contributed by atoms with Crippen LogP contribution in [-0.4, -0.2) is 41.5 Å². The van der Waals surface area contributed by atoms with E-state index in [-0.39, 0.29) is 35.3 Å². The number of amides is 1. The summed E-state index contributed by atoms with van der Waals surface area (Å²) in [7, 11) is -3.69. The monoisotopic (exact) mass is 422 g/mol. The van der Waals surface area contributed by atoms with Gasteiger partial charge in [-0.05, 0) is 64.8 Å². The van der Waals surface area contributed by atoms with E-state index in [4.69, 9.17) is 0 Å². The zero-order chi connectivity index (χ0) is 21.4. The molecule has 1 aliphatic rings. The van der Waals surface area contributed by atoms with Gasteiger partial charge in [0.25, 0.3) is 0 Å². The normalized spacial score (nSPS) is 16.7. The van der Waals surface area contributed by atoms with Gasteiger partial charge in [-0.3, -0.25) is 4.79 Å². The van der Waals surface area contributed by atoms with Crippen molar-refractivity contribution in [1.29, 1.82) is 0 Å². The number of benzene rings is 1. The first-order valence-corrected chi connectivity index (χ1v) is 11.1. The van der Waals surface area contributed by atoms with E-state index in [2.05, 4.69) is 10.4 Å². The summed E-state index contributed by atoms with van der Waals surface area (Å²) in [4.78, 5) is 12.8. The molecule has 0 radical (unpaired) electrons. The molecule has 9 heteroatoms. The molecule has 0 aliphatic carbocycles. The van der Waals surface area contributed by atoms with Crippen LogP contribution in [0.4, 0.5) is 10.2 Å². The molecule has 0 unspecified atom stereocenters. The van der Waals surface area contributed by atoms with Gasteiger partial charge < -0.3 is 5.32 Å². The lowest BCUT2D eigenvalue weighted by molar-refractivity contribution is -0.121. The van der Waals surface area contributed by atoms with Gasteiger partial charge in [-0.2, -0.15) is 9.40 Å². The number of nitrogens with one attached hydrogen (secondary N) is 1. The highest BCUT2D eigenvalue weighted by Gasteiger charge is 2.32. The van der Waals surface area contributed by atoms with Crippen molar-refractivity contribution >= 4 is 21.7 Å². The van der Waals surface area contributed by atoms with E-state index in [0.717, 1.165) is 17.8 Å². The van der Waals surface area contributed by atoms with Crippen molar-refractivity contribution in [2.24, 2.45) is 5.92 Å². The van der Waals surface area contributed by atoms with Gasteiger partial charge in [-0.25, -0.2) is 17.5 Å². The lowest BCUT2D eigenvalue weighted by atomic mass is 9.97. The lowest BCUT2D eigenvalue weighted by Gasteiger charge is -2.31. The number of rotatable bonds is 4. The molecule has 1 fully saturated rings. The van der Waals surface area contributed by atoms with Crippen LogP contribution in [0.2, 0.25) is 0 Å². The molecule has 0 spiro atoms. The zero-order valence-electron chi connectivity index (χ0n) is 17.1. The summed E-state index contributed by atoms with van der Waals surface area (Å²) in [5.74, 6) is -0.252. The van der Waals surface area contributed by atoms with E-state index in [1.54, 1.807) is 4.68 Å². The summed E-state index contributed by atoms with van der Waals surface area (Å²) in [5, 5.41) is 7.40. The van der Waals surface area contributed by atoms with E-state index < -0.39 is 15.8 Å². The summed E-state index contributed by atoms with van der Waals surface area (Å²) in [6, 6.07) is 6.62. The van der Waals surface area contributed by atoms with Gasteiger partial charge >= 0.3 is 0 Å². The van der Waals surface area contributed by atoms with E-state index >= 15 is 0 Å². The fourth-order valence-electron chi connectivity index (χ4n) is 3.44. The number of sulfonamides is 1. The number of piperidine rings is 1. The molecule has 1 aromatic carbocycles. The minimum atomic E-state index is -3.69. The van der Waals surface area contributed by atoms with Crippen molar-refractivity contribution in [2.75, 3.05) is 18.4 Å². The van der Waals surface area contributed by atoms with E-state index in [9.17, 15) is 17.6 Å². The second-order valence-electron chi connectivity index (χ2n) is 8.38. The molecule has 3 rings (SSSR count). The Labute approximate surface area is 171 Å². The van der Waals surface area contributed by atoms with Crippen LogP contribution in [-0.2, 0) is 20.4 Å². The van der Waals surface area contributed by atoms with Gasteiger partial charge in [-0.1, -0.05) is 0 Å². The van der Waals surface area contributed by atoms with Crippen molar-refractivity contribution in [1.82, 2.24) is 14.1 Å². The van der Waals surface area contributed by atoms with Crippen molar-refractivity contribution in [3.63, 3.8) is 0 Å². The number of halogens is 1. The number of hydrogen-bond donors (Lipinski definition) is 1. The Kier molecular flexibility index (Phi) is 5.82. The standard InChI is InChI=1S/C20H27FN4O3S/c1-14-13-18(25(23-14)20(2,3)4)22-19(26)15-9-11-24(12-10-15)29(27,28)17-7-5-16(21)6-8-17/h5-8,13,15H,9-12H2,1-4H3,(H,22,26). The molecule has 158 valence electrons. The molecule has 1 N–H and O–H groups in total. The van der Waals surface area contributed by atoms with Gasteiger partial charge in [0.05, 0.1) is 16.1 Å². The summed E-state index contributed by atoms with van der Waals surface area (Å²) in [6.45, 7) is 8.39. The van der Waals surface area contributed by atoms with Crippen molar-refractivity contribution in [2.45, 2.75) is 51.0 Å². The maximum Gasteiger partial charge on any atom is 0.243 e. The molecule has 1 aliphatic heterocycles. The highest BCUT2D eigenvalue weighted by molar-refractivity contribution is 7.89. The second kappa shape index (κ2) is 7.87. The third-order valence-corrected chi connectivity index (χ3v) is 6.91. The average molecular weight is 423 g/mol. The van der Waals surface area contributed by atoms with Crippen molar-refractivity contribution in [3.8, 4) is 0 Å². The molecular weight excluding hydrogens is 395 g/mol. The molecule has 1 saturated heterocycles. The van der Waals surface area contributed by atoms with Crippen molar-refractivity contribution in [3.05, 3.63) is 41.8 Å². The molecule has 2 aromatic rings. The predicted octanol–water partition coefficient (Wildman–Crippen LogP) is 3.13. The quantitative estimate of drug-likeness (QED) is 0.820. The van der Waals surface area contributed by atoms with Crippen LogP contribution >= 0.6 is 0 Å². The summed E-state index contributed by atoms with van der Waals surface area (Å²) >= 11 is 0. The SMILES string of the molecule is Cc1cc(NC(=O)C2CCN(S(=O)(=O)c3ccc(F)cc3)CC2)n(C(C)(C)C)n1. The van der Waals surface area contributed by atoms with E-state index in [1.165, 1.54) is 16.4 Å². The van der Waals surface area contributed by atoms with Crippen LogP contribution in [0.25, 0.3) is 0 Å². The summed E-state index contributed by atoms with van der Waals surface area (Å²) in [5.41, 5.74) is 0.541. The van der Waals surface area contributed by atoms with Gasteiger partial charge in [0.1, 0.15) is 11.6 Å². The van der Waals surface area contributed by atoms with E-state index in [0.29, 0.717) is 18.7 Å². The topological polar surface area (TPSA) is 84.3 Å². The smallest absolute Gasteiger partial charge is 0.243 e. The predicted molar refractivity (Wildman–Crippen MR) is 108 cm³/mol. The maximum atomic E-state index is 13.1. The van der Waals surface area contributed by atoms with Crippen LogP contribution in [0, 0.1) is 18.7 Å². The van der Waals surface area contributed by atoms with Crippen LogP contribution in [0.5, 0.6) is 0 Å².